The van der Waals surface area contributed by atoms with Crippen molar-refractivity contribution < 1.29 is 14.8 Å². The number of nitrogens with zero attached hydrogens (tertiary/aromatic N) is 1. The van der Waals surface area contributed by atoms with Crippen molar-refractivity contribution in [3.8, 4) is 0 Å². The Bertz CT molecular complexity index is 420. The van der Waals surface area contributed by atoms with Gasteiger partial charge < -0.3 is 5.11 Å². The first-order valence-electron chi connectivity index (χ1n) is 4.20. The molecule has 0 fully saturated rings. The van der Waals surface area contributed by atoms with E-state index in [0.29, 0.717) is 5.56 Å². The first-order valence-corrected chi connectivity index (χ1v) is 4.20. The summed E-state index contributed by atoms with van der Waals surface area (Å²) in [6.45, 7) is 1.60. The molecule has 0 aliphatic carbocycles. The van der Waals surface area contributed by atoms with Crippen LogP contribution in [0.2, 0.25) is 0 Å². The van der Waals surface area contributed by atoms with Crippen LogP contribution in [-0.4, -0.2) is 16.0 Å². The number of non-ortho nitro benzene ring substituents is 1. The Morgan fingerprint density at radius 2 is 1.93 bits per heavy atom. The summed E-state index contributed by atoms with van der Waals surface area (Å²) in [6.07, 6.45) is 1.45. The molecule has 0 atom stereocenters. The summed E-state index contributed by atoms with van der Waals surface area (Å²) in [5.41, 5.74) is 0.528. The van der Waals surface area contributed by atoms with Gasteiger partial charge in [-0.15, -0.1) is 0 Å². The zero-order chi connectivity index (χ0) is 11.4. The molecule has 0 aliphatic heterocycles. The average Bonchev–Trinajstić information content (AvgIpc) is 2.19. The molecule has 0 aromatic heterocycles. The number of nitro groups is 1. The Morgan fingerprint density at radius 3 is 2.27 bits per heavy atom. The molecule has 15 heavy (non-hydrogen) atoms. The maximum Gasteiger partial charge on any atom is 0.335 e. The normalized spacial score (nSPS) is 11.1. The van der Waals surface area contributed by atoms with Crippen LogP contribution in [0.1, 0.15) is 12.5 Å². The van der Waals surface area contributed by atoms with Crippen LogP contribution >= 0.6 is 0 Å². The van der Waals surface area contributed by atoms with Gasteiger partial charge in [-0.05, 0) is 24.6 Å². The summed E-state index contributed by atoms with van der Waals surface area (Å²) in [7, 11) is 0. The minimum Gasteiger partial charge on any atom is -0.478 e. The first-order chi connectivity index (χ1) is 7.06. The van der Waals surface area contributed by atoms with Gasteiger partial charge in [0.05, 0.1) is 10.5 Å². The Kier molecular flexibility index (Phi) is 3.17. The van der Waals surface area contributed by atoms with E-state index >= 15 is 0 Å². The number of carboxylic acids is 1. The molecule has 0 spiro atoms. The summed E-state index contributed by atoms with van der Waals surface area (Å²) < 4.78 is 0. The van der Waals surface area contributed by atoms with Gasteiger partial charge in [0.2, 0.25) is 0 Å². The van der Waals surface area contributed by atoms with Gasteiger partial charge in [0.1, 0.15) is 0 Å². The first kappa shape index (κ1) is 10.9. The van der Waals surface area contributed by atoms with Crippen molar-refractivity contribution >= 4 is 17.2 Å². The fraction of sp³-hybridized carbons (Fsp3) is 0.100. The third-order valence-electron chi connectivity index (χ3n) is 1.91. The number of carboxylic acid groups (broad SMARTS) is 1. The lowest BCUT2D eigenvalue weighted by Crippen LogP contribution is -1.99. The Balaban J connectivity index is 3.08. The molecule has 0 amide bonds. The van der Waals surface area contributed by atoms with Crippen molar-refractivity contribution in [1.82, 2.24) is 0 Å². The van der Waals surface area contributed by atoms with Crippen LogP contribution in [0, 0.1) is 10.1 Å². The van der Waals surface area contributed by atoms with Crippen molar-refractivity contribution in [2.75, 3.05) is 0 Å². The molecule has 1 N–H and O–H groups in total. The second kappa shape index (κ2) is 4.36. The second-order valence-electron chi connectivity index (χ2n) is 2.81. The van der Waals surface area contributed by atoms with E-state index < -0.39 is 10.9 Å². The number of benzene rings is 1. The molecule has 1 aromatic rings. The highest BCUT2D eigenvalue weighted by Gasteiger charge is 2.10. The van der Waals surface area contributed by atoms with Crippen LogP contribution in [0.4, 0.5) is 5.69 Å². The van der Waals surface area contributed by atoms with E-state index in [1.54, 1.807) is 6.92 Å². The van der Waals surface area contributed by atoms with Crippen molar-refractivity contribution in [2.24, 2.45) is 0 Å². The van der Waals surface area contributed by atoms with Gasteiger partial charge in [-0.1, -0.05) is 6.08 Å². The zero-order valence-corrected chi connectivity index (χ0v) is 8.01. The molecular formula is C10H9NO4. The van der Waals surface area contributed by atoms with E-state index in [1.165, 1.54) is 30.3 Å². The lowest BCUT2D eigenvalue weighted by molar-refractivity contribution is -0.384. The third-order valence-corrected chi connectivity index (χ3v) is 1.91. The topological polar surface area (TPSA) is 80.4 Å². The molecule has 0 heterocycles. The van der Waals surface area contributed by atoms with Crippen LogP contribution in [0.25, 0.3) is 5.57 Å². The van der Waals surface area contributed by atoms with Gasteiger partial charge in [0.25, 0.3) is 5.69 Å². The van der Waals surface area contributed by atoms with Gasteiger partial charge in [-0.25, -0.2) is 4.79 Å². The lowest BCUT2D eigenvalue weighted by atomic mass is 10.1. The summed E-state index contributed by atoms with van der Waals surface area (Å²) in [5, 5.41) is 19.2. The van der Waals surface area contributed by atoms with Crippen LogP contribution in [0.5, 0.6) is 0 Å². The van der Waals surface area contributed by atoms with Gasteiger partial charge in [-0.2, -0.15) is 0 Å². The molecule has 0 aliphatic rings. The maximum absolute atomic E-state index is 10.7. The summed E-state index contributed by atoms with van der Waals surface area (Å²) in [5.74, 6) is -1.05. The summed E-state index contributed by atoms with van der Waals surface area (Å²) in [4.78, 5) is 20.6. The van der Waals surface area contributed by atoms with Crippen molar-refractivity contribution in [3.63, 3.8) is 0 Å². The summed E-state index contributed by atoms with van der Waals surface area (Å²) >= 11 is 0. The molecule has 0 radical (unpaired) electrons. The van der Waals surface area contributed by atoms with Crippen molar-refractivity contribution in [2.45, 2.75) is 6.92 Å². The van der Waals surface area contributed by atoms with E-state index in [-0.39, 0.29) is 11.3 Å². The van der Waals surface area contributed by atoms with Crippen LogP contribution in [0.15, 0.2) is 30.3 Å². The number of carbonyl (C=O) groups is 1. The number of aliphatic carboxylic acids is 1. The van der Waals surface area contributed by atoms with E-state index in [4.69, 9.17) is 5.11 Å². The number of allylic oxidation sites excluding steroid dienone is 1. The minimum absolute atomic E-state index is 0.0559. The van der Waals surface area contributed by atoms with E-state index in [9.17, 15) is 14.9 Å². The van der Waals surface area contributed by atoms with Gasteiger partial charge in [0.15, 0.2) is 0 Å². The maximum atomic E-state index is 10.7. The zero-order valence-electron chi connectivity index (χ0n) is 8.01. The van der Waals surface area contributed by atoms with Gasteiger partial charge >= 0.3 is 5.97 Å². The number of hydrogen-bond acceptors (Lipinski definition) is 3. The molecule has 5 heteroatoms. The minimum atomic E-state index is -1.05. The molecule has 0 unspecified atom stereocenters. The van der Waals surface area contributed by atoms with Crippen LogP contribution in [-0.2, 0) is 4.79 Å². The van der Waals surface area contributed by atoms with Gasteiger partial charge in [0, 0.05) is 12.1 Å². The molecular weight excluding hydrogens is 198 g/mol. The fourth-order valence-corrected chi connectivity index (χ4v) is 1.18. The number of hydrogen-bond donors (Lipinski definition) is 1. The molecule has 1 rings (SSSR count). The van der Waals surface area contributed by atoms with E-state index in [2.05, 4.69) is 0 Å². The molecule has 0 saturated carbocycles. The summed E-state index contributed by atoms with van der Waals surface area (Å²) in [6, 6.07) is 5.40. The highest BCUT2D eigenvalue weighted by molar-refractivity contribution is 6.15. The largest absolute Gasteiger partial charge is 0.478 e. The smallest absolute Gasteiger partial charge is 0.335 e. The average molecular weight is 207 g/mol. The van der Waals surface area contributed by atoms with Gasteiger partial charge in [-0.3, -0.25) is 10.1 Å². The van der Waals surface area contributed by atoms with E-state index in [1.807, 2.05) is 0 Å². The predicted octanol–water partition coefficient (Wildman–Crippen LogP) is 2.08. The Morgan fingerprint density at radius 1 is 1.40 bits per heavy atom. The molecule has 0 bridgehead atoms. The van der Waals surface area contributed by atoms with Crippen LogP contribution < -0.4 is 0 Å². The fourth-order valence-electron chi connectivity index (χ4n) is 1.18. The lowest BCUT2D eigenvalue weighted by Gasteiger charge is -2.00. The second-order valence-corrected chi connectivity index (χ2v) is 2.81. The van der Waals surface area contributed by atoms with Crippen molar-refractivity contribution in [3.05, 3.63) is 46.0 Å². The predicted molar refractivity (Wildman–Crippen MR) is 54.4 cm³/mol. The molecule has 5 nitrogen and oxygen atoms in total. The Labute approximate surface area is 85.8 Å². The quantitative estimate of drug-likeness (QED) is 0.467. The highest BCUT2D eigenvalue weighted by atomic mass is 16.6. The molecule has 78 valence electrons. The third kappa shape index (κ3) is 2.40. The van der Waals surface area contributed by atoms with Crippen LogP contribution in [0.3, 0.4) is 0 Å². The monoisotopic (exact) mass is 207 g/mol. The number of nitro benzene ring substituents is 1. The SMILES string of the molecule is CC=C(C(=O)O)c1ccc([N+](=O)[O-])cc1. The standard InChI is InChI=1S/C10H9NO4/c1-2-9(10(12)13)7-3-5-8(6-4-7)11(14)15/h2-6H,1H3,(H,12,13). The Hall–Kier alpha value is -2.17. The number of rotatable bonds is 3. The molecule has 1 aromatic carbocycles. The van der Waals surface area contributed by atoms with Crippen molar-refractivity contribution in [1.29, 1.82) is 0 Å². The van der Waals surface area contributed by atoms with E-state index in [0.717, 1.165) is 0 Å². The highest BCUT2D eigenvalue weighted by Crippen LogP contribution is 2.18. The molecule has 0 saturated heterocycles.